The van der Waals surface area contributed by atoms with Crippen molar-refractivity contribution in [1.29, 1.82) is 0 Å². The van der Waals surface area contributed by atoms with E-state index in [2.05, 4.69) is 22.8 Å². The minimum absolute atomic E-state index is 0.205. The molecule has 1 unspecified atom stereocenters. The maximum Gasteiger partial charge on any atom is 0.254 e. The van der Waals surface area contributed by atoms with E-state index in [0.29, 0.717) is 35.9 Å². The van der Waals surface area contributed by atoms with E-state index in [9.17, 15) is 4.79 Å². The third-order valence-corrected chi connectivity index (χ3v) is 5.88. The van der Waals surface area contributed by atoms with Gasteiger partial charge in [-0.3, -0.25) is 4.79 Å². The van der Waals surface area contributed by atoms with Gasteiger partial charge in [-0.2, -0.15) is 5.10 Å². The average molecular weight is 440 g/mol. The Labute approximate surface area is 192 Å². The van der Waals surface area contributed by atoms with E-state index in [1.54, 1.807) is 0 Å². The number of hydrogen-bond acceptors (Lipinski definition) is 5. The first-order chi connectivity index (χ1) is 16.1. The summed E-state index contributed by atoms with van der Waals surface area (Å²) < 4.78 is 7.73. The zero-order valence-electron chi connectivity index (χ0n) is 18.3. The number of para-hydroxylation sites is 2. The molecule has 0 aliphatic carbocycles. The first-order valence-corrected chi connectivity index (χ1v) is 10.9. The summed E-state index contributed by atoms with van der Waals surface area (Å²) in [5, 5.41) is 11.4. The number of nitrogens with two attached hydrogens (primary N) is 1. The van der Waals surface area contributed by atoms with Crippen molar-refractivity contribution in [2.75, 3.05) is 24.2 Å². The molecule has 1 amide bonds. The number of anilines is 2. The van der Waals surface area contributed by atoms with E-state index in [4.69, 9.17) is 15.6 Å². The molecule has 3 aromatic carbocycles. The highest BCUT2D eigenvalue weighted by Crippen LogP contribution is 2.36. The minimum atomic E-state index is -0.502. The molecule has 4 N–H and O–H groups in total. The highest BCUT2D eigenvalue weighted by atomic mass is 16.5. The Kier molecular flexibility index (Phi) is 5.44. The number of aromatic nitrogens is 2. The van der Waals surface area contributed by atoms with Crippen molar-refractivity contribution in [3.05, 3.63) is 90.0 Å². The number of carbonyl (C=O) groups excluding carboxylic acids is 1. The van der Waals surface area contributed by atoms with Gasteiger partial charge in [-0.1, -0.05) is 36.4 Å². The van der Waals surface area contributed by atoms with Gasteiger partial charge in [0.2, 0.25) is 0 Å². The number of ether oxygens (including phenoxy) is 1. The van der Waals surface area contributed by atoms with Crippen LogP contribution in [0.2, 0.25) is 0 Å². The SMILES string of the molecule is CNc1ccccc1C1CNc2c(C(N)=O)c(-c3ccc(Oc4ccccc4)cc3)nn2C1. The normalized spacial score (nSPS) is 14.8. The van der Waals surface area contributed by atoms with E-state index in [1.165, 1.54) is 5.56 Å². The molecule has 4 aromatic rings. The molecular weight excluding hydrogens is 414 g/mol. The van der Waals surface area contributed by atoms with Crippen LogP contribution < -0.4 is 21.1 Å². The van der Waals surface area contributed by atoms with Crippen LogP contribution in [0.25, 0.3) is 11.3 Å². The van der Waals surface area contributed by atoms with Gasteiger partial charge in [0, 0.05) is 30.8 Å². The maximum absolute atomic E-state index is 12.4. The Bertz CT molecular complexity index is 1280. The Morgan fingerprint density at radius 2 is 1.73 bits per heavy atom. The fourth-order valence-electron chi connectivity index (χ4n) is 4.30. The molecule has 166 valence electrons. The lowest BCUT2D eigenvalue weighted by molar-refractivity contribution is 0.100. The smallest absolute Gasteiger partial charge is 0.254 e. The van der Waals surface area contributed by atoms with Crippen LogP contribution in [-0.4, -0.2) is 29.3 Å². The number of carbonyl (C=O) groups is 1. The molecule has 1 aliphatic rings. The Hall–Kier alpha value is -4.26. The number of rotatable bonds is 6. The van der Waals surface area contributed by atoms with Gasteiger partial charge in [-0.25, -0.2) is 4.68 Å². The summed E-state index contributed by atoms with van der Waals surface area (Å²) in [5.74, 6) is 1.84. The van der Waals surface area contributed by atoms with Gasteiger partial charge in [0.25, 0.3) is 5.91 Å². The Morgan fingerprint density at radius 1 is 1.03 bits per heavy atom. The number of hydrogen-bond donors (Lipinski definition) is 3. The largest absolute Gasteiger partial charge is 0.457 e. The topological polar surface area (TPSA) is 94.2 Å². The van der Waals surface area contributed by atoms with Gasteiger partial charge in [-0.05, 0) is 48.0 Å². The number of primary amides is 1. The summed E-state index contributed by atoms with van der Waals surface area (Å²) in [5.41, 5.74) is 9.85. The molecule has 0 saturated heterocycles. The number of amides is 1. The second-order valence-corrected chi connectivity index (χ2v) is 7.97. The molecule has 2 heterocycles. The second kappa shape index (κ2) is 8.70. The van der Waals surface area contributed by atoms with Crippen molar-refractivity contribution in [3.8, 4) is 22.8 Å². The third kappa shape index (κ3) is 4.01. The molecule has 1 aliphatic heterocycles. The van der Waals surface area contributed by atoms with E-state index < -0.39 is 5.91 Å². The van der Waals surface area contributed by atoms with Crippen LogP contribution in [0.15, 0.2) is 78.9 Å². The molecule has 0 radical (unpaired) electrons. The molecule has 0 bridgehead atoms. The fraction of sp³-hybridized carbons (Fsp3) is 0.154. The Morgan fingerprint density at radius 3 is 2.45 bits per heavy atom. The molecule has 33 heavy (non-hydrogen) atoms. The van der Waals surface area contributed by atoms with Crippen molar-refractivity contribution in [1.82, 2.24) is 9.78 Å². The molecule has 7 nitrogen and oxygen atoms in total. The second-order valence-electron chi connectivity index (χ2n) is 7.97. The summed E-state index contributed by atoms with van der Waals surface area (Å²) in [4.78, 5) is 12.4. The van der Waals surface area contributed by atoms with Crippen LogP contribution in [0.3, 0.4) is 0 Å². The van der Waals surface area contributed by atoms with Gasteiger partial charge in [0.05, 0.1) is 6.54 Å². The van der Waals surface area contributed by atoms with Crippen LogP contribution in [0.1, 0.15) is 21.8 Å². The van der Waals surface area contributed by atoms with Crippen LogP contribution in [0, 0.1) is 0 Å². The van der Waals surface area contributed by atoms with Crippen molar-refractivity contribution in [2.24, 2.45) is 5.73 Å². The van der Waals surface area contributed by atoms with E-state index >= 15 is 0 Å². The standard InChI is InChI=1S/C26H25N5O2/c1-28-22-10-6-5-9-21(22)18-15-29-26-23(25(27)32)24(30-31(26)16-18)17-11-13-20(14-12-17)33-19-7-3-2-4-8-19/h2-14,18,28-29H,15-16H2,1H3,(H2,27,32). The number of nitrogens with zero attached hydrogens (tertiary/aromatic N) is 2. The number of fused-ring (bicyclic) bond motifs is 1. The van der Waals surface area contributed by atoms with Gasteiger partial charge in [0.1, 0.15) is 28.6 Å². The van der Waals surface area contributed by atoms with Gasteiger partial charge in [0.15, 0.2) is 0 Å². The molecule has 1 aromatic heterocycles. The zero-order chi connectivity index (χ0) is 22.8. The van der Waals surface area contributed by atoms with E-state index in [-0.39, 0.29) is 5.92 Å². The molecular formula is C26H25N5O2. The maximum atomic E-state index is 12.4. The first-order valence-electron chi connectivity index (χ1n) is 10.9. The highest BCUT2D eigenvalue weighted by molar-refractivity contribution is 6.03. The number of benzene rings is 3. The summed E-state index contributed by atoms with van der Waals surface area (Å²) >= 11 is 0. The van der Waals surface area contributed by atoms with E-state index in [0.717, 1.165) is 17.0 Å². The van der Waals surface area contributed by atoms with Gasteiger partial charge in [-0.15, -0.1) is 0 Å². The van der Waals surface area contributed by atoms with Gasteiger partial charge >= 0.3 is 0 Å². The predicted octanol–water partition coefficient (Wildman–Crippen LogP) is 4.69. The predicted molar refractivity (Wildman–Crippen MR) is 130 cm³/mol. The van der Waals surface area contributed by atoms with Crippen LogP contribution in [-0.2, 0) is 6.54 Å². The van der Waals surface area contributed by atoms with Crippen molar-refractivity contribution in [2.45, 2.75) is 12.5 Å². The molecule has 5 rings (SSSR count). The van der Waals surface area contributed by atoms with E-state index in [1.807, 2.05) is 78.5 Å². The summed E-state index contributed by atoms with van der Waals surface area (Å²) in [6.07, 6.45) is 0. The van der Waals surface area contributed by atoms with Crippen LogP contribution in [0.4, 0.5) is 11.5 Å². The van der Waals surface area contributed by atoms with Crippen LogP contribution >= 0.6 is 0 Å². The molecule has 0 spiro atoms. The van der Waals surface area contributed by atoms with Gasteiger partial charge < -0.3 is 21.1 Å². The van der Waals surface area contributed by atoms with Crippen molar-refractivity contribution in [3.63, 3.8) is 0 Å². The minimum Gasteiger partial charge on any atom is -0.457 e. The summed E-state index contributed by atoms with van der Waals surface area (Å²) in [7, 11) is 1.92. The summed E-state index contributed by atoms with van der Waals surface area (Å²) in [6, 6.07) is 25.3. The zero-order valence-corrected chi connectivity index (χ0v) is 18.3. The van der Waals surface area contributed by atoms with Crippen LogP contribution in [0.5, 0.6) is 11.5 Å². The lowest BCUT2D eigenvalue weighted by Gasteiger charge is -2.27. The average Bonchev–Trinajstić information content (AvgIpc) is 3.24. The Balaban J connectivity index is 1.45. The number of nitrogens with one attached hydrogen (secondary N) is 2. The lowest BCUT2D eigenvalue weighted by Crippen LogP contribution is -2.28. The summed E-state index contributed by atoms with van der Waals surface area (Å²) in [6.45, 7) is 1.34. The lowest BCUT2D eigenvalue weighted by atomic mass is 9.95. The van der Waals surface area contributed by atoms with Crippen molar-refractivity contribution < 1.29 is 9.53 Å². The highest BCUT2D eigenvalue weighted by Gasteiger charge is 2.29. The monoisotopic (exact) mass is 439 g/mol. The fourth-order valence-corrected chi connectivity index (χ4v) is 4.30. The molecule has 0 saturated carbocycles. The quantitative estimate of drug-likeness (QED) is 0.405. The first kappa shape index (κ1) is 20.6. The van der Waals surface area contributed by atoms with Crippen molar-refractivity contribution >= 4 is 17.4 Å². The molecule has 7 heteroatoms. The third-order valence-electron chi connectivity index (χ3n) is 5.88. The molecule has 1 atom stereocenters. The molecule has 0 fully saturated rings.